The first-order chi connectivity index (χ1) is 9.88. The topological polar surface area (TPSA) is 84.5 Å². The van der Waals surface area contributed by atoms with E-state index in [0.29, 0.717) is 17.9 Å². The summed E-state index contributed by atoms with van der Waals surface area (Å²) >= 11 is 0. The second-order valence-corrected chi connectivity index (χ2v) is 6.72. The van der Waals surface area contributed by atoms with Gasteiger partial charge in [-0.1, -0.05) is 12.2 Å². The van der Waals surface area contributed by atoms with Gasteiger partial charge in [0.2, 0.25) is 15.9 Å². The van der Waals surface area contributed by atoms with Gasteiger partial charge in [0.1, 0.15) is 0 Å². The maximum atomic E-state index is 12.1. The summed E-state index contributed by atoms with van der Waals surface area (Å²) in [5, 5.41) is 2.66. The standard InChI is InChI=1S/C14H18N2O4S/c1-10(2)9-20-6-5-15-21(18,19)12-3-4-13-11(7-12)8-14(17)16-13/h3-4,7,15H,1,5-6,8-9H2,2H3,(H,16,17). The van der Waals surface area contributed by atoms with Crippen molar-refractivity contribution in [3.8, 4) is 0 Å². The SMILES string of the molecule is C=C(C)COCCNS(=O)(=O)c1ccc2c(c1)CC(=O)N2. The Kier molecular flexibility index (Phi) is 4.76. The van der Waals surface area contributed by atoms with Crippen LogP contribution in [0.1, 0.15) is 12.5 Å². The zero-order chi connectivity index (χ0) is 15.5. The van der Waals surface area contributed by atoms with E-state index < -0.39 is 10.0 Å². The zero-order valence-corrected chi connectivity index (χ0v) is 12.6. The molecule has 0 spiro atoms. The van der Waals surface area contributed by atoms with Gasteiger partial charge in [-0.25, -0.2) is 13.1 Å². The van der Waals surface area contributed by atoms with Crippen LogP contribution in [0.25, 0.3) is 0 Å². The number of carbonyl (C=O) groups is 1. The molecular formula is C14H18N2O4S. The normalized spacial score (nSPS) is 13.9. The lowest BCUT2D eigenvalue weighted by molar-refractivity contribution is -0.115. The number of carbonyl (C=O) groups excluding carboxylic acids is 1. The average molecular weight is 310 g/mol. The van der Waals surface area contributed by atoms with E-state index in [0.717, 1.165) is 5.57 Å². The Morgan fingerprint density at radius 3 is 2.95 bits per heavy atom. The van der Waals surface area contributed by atoms with Gasteiger partial charge >= 0.3 is 0 Å². The first-order valence-electron chi connectivity index (χ1n) is 6.53. The van der Waals surface area contributed by atoms with Crippen molar-refractivity contribution in [2.24, 2.45) is 0 Å². The van der Waals surface area contributed by atoms with Gasteiger partial charge in [-0.05, 0) is 30.7 Å². The van der Waals surface area contributed by atoms with Crippen LogP contribution in [0.4, 0.5) is 5.69 Å². The van der Waals surface area contributed by atoms with Crippen LogP contribution in [0.2, 0.25) is 0 Å². The molecule has 1 aliphatic heterocycles. The molecule has 0 aromatic heterocycles. The van der Waals surface area contributed by atoms with Gasteiger partial charge < -0.3 is 10.1 Å². The van der Waals surface area contributed by atoms with Crippen molar-refractivity contribution < 1.29 is 17.9 Å². The quantitative estimate of drug-likeness (QED) is 0.582. The highest BCUT2D eigenvalue weighted by Gasteiger charge is 2.21. The van der Waals surface area contributed by atoms with E-state index in [9.17, 15) is 13.2 Å². The Morgan fingerprint density at radius 1 is 1.48 bits per heavy atom. The zero-order valence-electron chi connectivity index (χ0n) is 11.8. The second-order valence-electron chi connectivity index (χ2n) is 4.95. The van der Waals surface area contributed by atoms with Crippen molar-refractivity contribution in [1.82, 2.24) is 4.72 Å². The fourth-order valence-corrected chi connectivity index (χ4v) is 3.01. The van der Waals surface area contributed by atoms with Crippen LogP contribution in [-0.2, 0) is 26.0 Å². The van der Waals surface area contributed by atoms with Crippen molar-refractivity contribution in [3.63, 3.8) is 0 Å². The van der Waals surface area contributed by atoms with Crippen LogP contribution in [0.5, 0.6) is 0 Å². The highest BCUT2D eigenvalue weighted by atomic mass is 32.2. The number of nitrogens with one attached hydrogen (secondary N) is 2. The number of amides is 1. The minimum Gasteiger partial charge on any atom is -0.376 e. The Hall–Kier alpha value is -1.70. The summed E-state index contributed by atoms with van der Waals surface area (Å²) in [6.45, 7) is 6.40. The summed E-state index contributed by atoms with van der Waals surface area (Å²) in [5.41, 5.74) is 2.25. The first-order valence-corrected chi connectivity index (χ1v) is 8.01. The van der Waals surface area contributed by atoms with Gasteiger partial charge in [0.25, 0.3) is 0 Å². The highest BCUT2D eigenvalue weighted by Crippen LogP contribution is 2.25. The van der Waals surface area contributed by atoms with Crippen molar-refractivity contribution in [3.05, 3.63) is 35.9 Å². The minimum absolute atomic E-state index is 0.124. The number of hydrogen-bond donors (Lipinski definition) is 2. The summed E-state index contributed by atoms with van der Waals surface area (Å²) in [6, 6.07) is 4.60. The third-order valence-corrected chi connectivity index (χ3v) is 4.36. The van der Waals surface area contributed by atoms with Crippen LogP contribution in [0.3, 0.4) is 0 Å². The summed E-state index contributed by atoms with van der Waals surface area (Å²) in [6.07, 6.45) is 0.209. The molecule has 6 nitrogen and oxygen atoms in total. The Balaban J connectivity index is 1.95. The summed E-state index contributed by atoms with van der Waals surface area (Å²) < 4.78 is 31.9. The molecular weight excluding hydrogens is 292 g/mol. The monoisotopic (exact) mass is 310 g/mol. The molecule has 0 fully saturated rings. The second kappa shape index (κ2) is 6.38. The molecule has 1 heterocycles. The predicted octanol–water partition coefficient (Wildman–Crippen LogP) is 1.05. The van der Waals surface area contributed by atoms with E-state index in [4.69, 9.17) is 4.74 Å². The van der Waals surface area contributed by atoms with E-state index in [2.05, 4.69) is 16.6 Å². The van der Waals surface area contributed by atoms with Crippen LogP contribution in [0, 0.1) is 0 Å². The molecule has 2 rings (SSSR count). The molecule has 0 unspecified atom stereocenters. The summed E-state index contributed by atoms with van der Waals surface area (Å²) in [5.74, 6) is -0.124. The maximum absolute atomic E-state index is 12.1. The average Bonchev–Trinajstić information content (AvgIpc) is 2.76. The van der Waals surface area contributed by atoms with Crippen LogP contribution >= 0.6 is 0 Å². The van der Waals surface area contributed by atoms with E-state index in [-0.39, 0.29) is 30.4 Å². The molecule has 1 aromatic carbocycles. The molecule has 1 aliphatic rings. The van der Waals surface area contributed by atoms with Gasteiger partial charge in [-0.2, -0.15) is 0 Å². The Bertz CT molecular complexity index is 668. The minimum atomic E-state index is -3.59. The number of sulfonamides is 1. The molecule has 7 heteroatoms. The fourth-order valence-electron chi connectivity index (χ4n) is 1.95. The number of anilines is 1. The third kappa shape index (κ3) is 4.13. The van der Waals surface area contributed by atoms with Crippen molar-refractivity contribution in [1.29, 1.82) is 0 Å². The van der Waals surface area contributed by atoms with Crippen molar-refractivity contribution in [2.75, 3.05) is 25.1 Å². The molecule has 0 saturated carbocycles. The molecule has 0 saturated heterocycles. The number of ether oxygens (including phenoxy) is 1. The van der Waals surface area contributed by atoms with Gasteiger partial charge in [0, 0.05) is 12.2 Å². The lowest BCUT2D eigenvalue weighted by Crippen LogP contribution is -2.27. The summed E-state index contributed by atoms with van der Waals surface area (Å²) in [7, 11) is -3.59. The number of benzene rings is 1. The molecule has 0 aliphatic carbocycles. The predicted molar refractivity (Wildman–Crippen MR) is 79.6 cm³/mol. The van der Waals surface area contributed by atoms with E-state index >= 15 is 0 Å². The maximum Gasteiger partial charge on any atom is 0.240 e. The number of rotatable bonds is 7. The molecule has 0 radical (unpaired) electrons. The van der Waals surface area contributed by atoms with Crippen LogP contribution < -0.4 is 10.0 Å². The lowest BCUT2D eigenvalue weighted by Gasteiger charge is -2.08. The van der Waals surface area contributed by atoms with E-state index in [1.54, 1.807) is 6.07 Å². The lowest BCUT2D eigenvalue weighted by atomic mass is 10.2. The smallest absolute Gasteiger partial charge is 0.240 e. The Labute approximate surface area is 124 Å². The first kappa shape index (κ1) is 15.7. The van der Waals surface area contributed by atoms with E-state index in [1.165, 1.54) is 12.1 Å². The van der Waals surface area contributed by atoms with Gasteiger partial charge in [-0.15, -0.1) is 0 Å². The van der Waals surface area contributed by atoms with Gasteiger partial charge in [0.05, 0.1) is 24.5 Å². The number of fused-ring (bicyclic) bond motifs is 1. The van der Waals surface area contributed by atoms with Gasteiger partial charge in [-0.3, -0.25) is 4.79 Å². The largest absolute Gasteiger partial charge is 0.376 e. The van der Waals surface area contributed by atoms with Crippen LogP contribution in [-0.4, -0.2) is 34.1 Å². The Morgan fingerprint density at radius 2 is 2.24 bits per heavy atom. The van der Waals surface area contributed by atoms with Crippen LogP contribution in [0.15, 0.2) is 35.2 Å². The molecule has 0 atom stereocenters. The summed E-state index contributed by atoms with van der Waals surface area (Å²) in [4.78, 5) is 11.4. The van der Waals surface area contributed by atoms with Crippen molar-refractivity contribution >= 4 is 21.6 Å². The fraction of sp³-hybridized carbons (Fsp3) is 0.357. The number of hydrogen-bond acceptors (Lipinski definition) is 4. The van der Waals surface area contributed by atoms with Crippen molar-refractivity contribution in [2.45, 2.75) is 18.2 Å². The van der Waals surface area contributed by atoms with E-state index in [1.807, 2.05) is 6.92 Å². The highest BCUT2D eigenvalue weighted by molar-refractivity contribution is 7.89. The molecule has 1 aromatic rings. The third-order valence-electron chi connectivity index (χ3n) is 2.90. The van der Waals surface area contributed by atoms with Gasteiger partial charge in [0.15, 0.2) is 0 Å². The molecule has 2 N–H and O–H groups in total. The molecule has 21 heavy (non-hydrogen) atoms. The molecule has 114 valence electrons. The molecule has 1 amide bonds. The molecule has 0 bridgehead atoms.